The first kappa shape index (κ1) is 16.4. The van der Waals surface area contributed by atoms with Crippen LogP contribution in [0.15, 0.2) is 44.9 Å². The van der Waals surface area contributed by atoms with Gasteiger partial charge in [-0.25, -0.2) is 18.1 Å². The largest absolute Gasteiger partial charge is 0.427 e. The highest BCUT2D eigenvalue weighted by Gasteiger charge is 2.25. The summed E-state index contributed by atoms with van der Waals surface area (Å²) in [7, 11) is -3.78. The van der Waals surface area contributed by atoms with E-state index in [0.29, 0.717) is 5.89 Å². The molecule has 0 bridgehead atoms. The topological polar surface area (TPSA) is 94.2 Å². The Labute approximate surface area is 129 Å². The fourth-order valence-corrected chi connectivity index (χ4v) is 2.63. The van der Waals surface area contributed by atoms with Gasteiger partial charge in [0, 0.05) is 30.8 Å². The first-order chi connectivity index (χ1) is 10.2. The van der Waals surface area contributed by atoms with Gasteiger partial charge in [-0.15, -0.1) is 0 Å². The van der Waals surface area contributed by atoms with E-state index in [9.17, 15) is 13.2 Å². The Morgan fingerprint density at radius 1 is 1.32 bits per heavy atom. The lowest BCUT2D eigenvalue weighted by atomic mass is 9.97. The van der Waals surface area contributed by atoms with Crippen LogP contribution >= 0.6 is 0 Å². The number of rotatable bonds is 5. The minimum atomic E-state index is -3.78. The van der Waals surface area contributed by atoms with Crippen molar-refractivity contribution in [3.05, 3.63) is 46.8 Å². The van der Waals surface area contributed by atoms with Crippen LogP contribution in [0.4, 0.5) is 0 Å². The average Bonchev–Trinajstić information content (AvgIpc) is 2.91. The molecule has 2 heterocycles. The zero-order chi connectivity index (χ0) is 16.4. The summed E-state index contributed by atoms with van der Waals surface area (Å²) in [6.45, 7) is 5.95. The Hall–Kier alpha value is -1.93. The average molecular weight is 325 g/mol. The zero-order valence-corrected chi connectivity index (χ0v) is 13.6. The van der Waals surface area contributed by atoms with E-state index >= 15 is 0 Å². The molecule has 22 heavy (non-hydrogen) atoms. The minimum absolute atomic E-state index is 0.0812. The SMILES string of the molecule is CC(C)(C)c1ncc(S(=O)(=O)NCCn2ccccc2=O)o1. The molecule has 0 spiro atoms. The van der Waals surface area contributed by atoms with Gasteiger partial charge in [-0.2, -0.15) is 0 Å². The standard InChI is InChI=1S/C14H19N3O4S/c1-14(2,3)13-15-10-12(21-13)22(19,20)16-7-9-17-8-5-4-6-11(17)18/h4-6,8,10,16H,7,9H2,1-3H3. The smallest absolute Gasteiger partial charge is 0.275 e. The molecular weight excluding hydrogens is 306 g/mol. The lowest BCUT2D eigenvalue weighted by molar-refractivity contribution is 0.342. The van der Waals surface area contributed by atoms with Crippen LogP contribution in [0, 0.1) is 0 Å². The van der Waals surface area contributed by atoms with Crippen molar-refractivity contribution >= 4 is 10.0 Å². The van der Waals surface area contributed by atoms with Gasteiger partial charge < -0.3 is 8.98 Å². The summed E-state index contributed by atoms with van der Waals surface area (Å²) >= 11 is 0. The fourth-order valence-electron chi connectivity index (χ4n) is 1.75. The molecule has 0 aliphatic rings. The summed E-state index contributed by atoms with van der Waals surface area (Å²) < 4.78 is 33.4. The summed E-state index contributed by atoms with van der Waals surface area (Å²) in [4.78, 5) is 15.5. The van der Waals surface area contributed by atoms with Crippen LogP contribution in [-0.4, -0.2) is 24.5 Å². The Kier molecular flexibility index (Phi) is 4.52. The fraction of sp³-hybridized carbons (Fsp3) is 0.429. The summed E-state index contributed by atoms with van der Waals surface area (Å²) in [6.07, 6.45) is 2.79. The summed E-state index contributed by atoms with van der Waals surface area (Å²) in [5.74, 6) is 0.354. The lowest BCUT2D eigenvalue weighted by Crippen LogP contribution is -2.30. The summed E-state index contributed by atoms with van der Waals surface area (Å²) in [5, 5.41) is -0.224. The van der Waals surface area contributed by atoms with E-state index in [-0.39, 0.29) is 29.2 Å². The molecule has 0 radical (unpaired) electrons. The number of hydrogen-bond donors (Lipinski definition) is 1. The molecule has 8 heteroatoms. The third-order valence-electron chi connectivity index (χ3n) is 2.93. The van der Waals surface area contributed by atoms with Gasteiger partial charge in [0.1, 0.15) is 0 Å². The highest BCUT2D eigenvalue weighted by molar-refractivity contribution is 7.89. The Balaban J connectivity index is 2.04. The van der Waals surface area contributed by atoms with E-state index < -0.39 is 10.0 Å². The molecule has 0 amide bonds. The zero-order valence-electron chi connectivity index (χ0n) is 12.7. The molecule has 120 valence electrons. The molecule has 0 aromatic carbocycles. The minimum Gasteiger partial charge on any atom is -0.427 e. The van der Waals surface area contributed by atoms with Crippen molar-refractivity contribution in [2.45, 2.75) is 37.8 Å². The molecule has 0 atom stereocenters. The van der Waals surface area contributed by atoms with Gasteiger partial charge in [0.2, 0.25) is 5.89 Å². The van der Waals surface area contributed by atoms with Crippen LogP contribution in [0.5, 0.6) is 0 Å². The number of nitrogens with one attached hydrogen (secondary N) is 1. The van der Waals surface area contributed by atoms with Gasteiger partial charge in [0.25, 0.3) is 20.7 Å². The van der Waals surface area contributed by atoms with Crippen LogP contribution in [0.1, 0.15) is 26.7 Å². The molecule has 2 rings (SSSR count). The van der Waals surface area contributed by atoms with E-state index in [2.05, 4.69) is 9.71 Å². The number of nitrogens with zero attached hydrogens (tertiary/aromatic N) is 2. The third kappa shape index (κ3) is 3.83. The second kappa shape index (κ2) is 6.05. The maximum atomic E-state index is 12.1. The van der Waals surface area contributed by atoms with Crippen molar-refractivity contribution in [3.8, 4) is 0 Å². The van der Waals surface area contributed by atoms with Gasteiger partial charge in [0.05, 0.1) is 6.20 Å². The molecular formula is C14H19N3O4S. The normalized spacial score (nSPS) is 12.5. The van der Waals surface area contributed by atoms with Crippen LogP contribution in [0.2, 0.25) is 0 Å². The highest BCUT2D eigenvalue weighted by Crippen LogP contribution is 2.23. The van der Waals surface area contributed by atoms with Crippen molar-refractivity contribution in [2.24, 2.45) is 0 Å². The summed E-state index contributed by atoms with van der Waals surface area (Å²) in [5.41, 5.74) is -0.554. The first-order valence-electron chi connectivity index (χ1n) is 6.81. The molecule has 0 saturated carbocycles. The maximum absolute atomic E-state index is 12.1. The van der Waals surface area contributed by atoms with Gasteiger partial charge in [-0.05, 0) is 6.07 Å². The number of hydrogen-bond acceptors (Lipinski definition) is 5. The van der Waals surface area contributed by atoms with Crippen molar-refractivity contribution in [3.63, 3.8) is 0 Å². The molecule has 0 aliphatic carbocycles. The Morgan fingerprint density at radius 2 is 2.05 bits per heavy atom. The molecule has 0 unspecified atom stereocenters. The summed E-state index contributed by atoms with van der Waals surface area (Å²) in [6, 6.07) is 4.76. The molecule has 0 aliphatic heterocycles. The van der Waals surface area contributed by atoms with E-state index in [0.717, 1.165) is 0 Å². The lowest BCUT2D eigenvalue weighted by Gasteiger charge is -2.12. The number of oxazole rings is 1. The second-order valence-electron chi connectivity index (χ2n) is 5.86. The Morgan fingerprint density at radius 3 is 2.64 bits per heavy atom. The monoisotopic (exact) mass is 325 g/mol. The molecule has 0 fully saturated rings. The third-order valence-corrected chi connectivity index (χ3v) is 4.24. The molecule has 7 nitrogen and oxygen atoms in total. The number of pyridine rings is 1. The van der Waals surface area contributed by atoms with Crippen LogP contribution in [0.25, 0.3) is 0 Å². The first-order valence-corrected chi connectivity index (χ1v) is 8.30. The van der Waals surface area contributed by atoms with Gasteiger partial charge in [-0.3, -0.25) is 4.79 Å². The number of sulfonamides is 1. The predicted octanol–water partition coefficient (Wildman–Crippen LogP) is 1.11. The molecule has 0 saturated heterocycles. The Bertz CT molecular complexity index is 800. The van der Waals surface area contributed by atoms with E-state index in [1.54, 1.807) is 18.3 Å². The van der Waals surface area contributed by atoms with Gasteiger partial charge in [-0.1, -0.05) is 26.8 Å². The van der Waals surface area contributed by atoms with Crippen molar-refractivity contribution < 1.29 is 12.8 Å². The van der Waals surface area contributed by atoms with E-state index in [1.807, 2.05) is 20.8 Å². The molecule has 2 aromatic rings. The van der Waals surface area contributed by atoms with Crippen LogP contribution < -0.4 is 10.3 Å². The van der Waals surface area contributed by atoms with E-state index in [1.165, 1.54) is 16.8 Å². The molecule has 1 N–H and O–H groups in total. The van der Waals surface area contributed by atoms with Gasteiger partial charge in [0.15, 0.2) is 0 Å². The quantitative estimate of drug-likeness (QED) is 0.889. The number of aromatic nitrogens is 2. The second-order valence-corrected chi connectivity index (χ2v) is 7.56. The van der Waals surface area contributed by atoms with Crippen LogP contribution in [0.3, 0.4) is 0 Å². The highest BCUT2D eigenvalue weighted by atomic mass is 32.2. The van der Waals surface area contributed by atoms with Crippen molar-refractivity contribution in [2.75, 3.05) is 6.54 Å². The maximum Gasteiger partial charge on any atom is 0.275 e. The molecule has 2 aromatic heterocycles. The van der Waals surface area contributed by atoms with E-state index in [4.69, 9.17) is 4.42 Å². The van der Waals surface area contributed by atoms with Crippen molar-refractivity contribution in [1.82, 2.24) is 14.3 Å². The van der Waals surface area contributed by atoms with Crippen LogP contribution in [-0.2, 0) is 22.0 Å². The predicted molar refractivity (Wildman–Crippen MR) is 81.1 cm³/mol. The van der Waals surface area contributed by atoms with Crippen molar-refractivity contribution in [1.29, 1.82) is 0 Å². The van der Waals surface area contributed by atoms with Gasteiger partial charge >= 0.3 is 0 Å².